The SMILES string of the molecule is CSc1nc(Nc2ccc3c(c2)CCN3S(N)(=O)=O)cc(N2CCN(c3cccc4cnc(C)cc34)CC2)n1. The van der Waals surface area contributed by atoms with Gasteiger partial charge in [-0.25, -0.2) is 15.1 Å². The van der Waals surface area contributed by atoms with Crippen molar-refractivity contribution in [1.82, 2.24) is 15.0 Å². The summed E-state index contributed by atoms with van der Waals surface area (Å²) in [5.41, 5.74) is 4.66. The van der Waals surface area contributed by atoms with E-state index in [-0.39, 0.29) is 0 Å². The average Bonchev–Trinajstić information content (AvgIpc) is 3.37. The fraction of sp³-hybridized carbons (Fsp3) is 0.296. The second-order valence-corrected chi connectivity index (χ2v) is 12.0. The summed E-state index contributed by atoms with van der Waals surface area (Å²) in [7, 11) is -3.77. The number of nitrogens with zero attached hydrogens (tertiary/aromatic N) is 6. The fourth-order valence-corrected chi connectivity index (χ4v) is 6.47. The minimum Gasteiger partial charge on any atom is -0.367 e. The summed E-state index contributed by atoms with van der Waals surface area (Å²) in [6.45, 7) is 5.83. The Morgan fingerprint density at radius 3 is 2.51 bits per heavy atom. The average molecular weight is 563 g/mol. The molecule has 1 saturated heterocycles. The molecular formula is C27H30N8O2S2. The molecule has 6 rings (SSSR count). The van der Waals surface area contributed by atoms with E-state index in [4.69, 9.17) is 10.1 Å². The molecule has 3 N–H and O–H groups in total. The lowest BCUT2D eigenvalue weighted by molar-refractivity contribution is 0.594. The Labute approximate surface area is 232 Å². The molecule has 4 heterocycles. The highest BCUT2D eigenvalue weighted by Crippen LogP contribution is 2.33. The molecule has 2 aromatic heterocycles. The highest BCUT2D eigenvalue weighted by atomic mass is 32.2. The molecular weight excluding hydrogens is 532 g/mol. The van der Waals surface area contributed by atoms with Crippen LogP contribution in [0.3, 0.4) is 0 Å². The summed E-state index contributed by atoms with van der Waals surface area (Å²) in [6.07, 6.45) is 4.53. The molecule has 202 valence electrons. The maximum atomic E-state index is 11.9. The largest absolute Gasteiger partial charge is 0.367 e. The first-order valence-corrected chi connectivity index (χ1v) is 15.5. The quantitative estimate of drug-likeness (QED) is 0.268. The Morgan fingerprint density at radius 1 is 0.949 bits per heavy atom. The molecule has 10 nitrogen and oxygen atoms in total. The van der Waals surface area contributed by atoms with Crippen LogP contribution in [0.2, 0.25) is 0 Å². The van der Waals surface area contributed by atoms with E-state index in [1.807, 2.05) is 37.6 Å². The van der Waals surface area contributed by atoms with Crippen molar-refractivity contribution in [3.63, 3.8) is 0 Å². The van der Waals surface area contributed by atoms with Crippen molar-refractivity contribution >= 4 is 61.4 Å². The molecule has 4 aromatic rings. The predicted octanol–water partition coefficient (Wildman–Crippen LogP) is 3.69. The third kappa shape index (κ3) is 5.19. The van der Waals surface area contributed by atoms with Crippen LogP contribution in [0.4, 0.5) is 28.7 Å². The highest BCUT2D eigenvalue weighted by molar-refractivity contribution is 7.98. The van der Waals surface area contributed by atoms with Gasteiger partial charge in [-0.1, -0.05) is 23.9 Å². The van der Waals surface area contributed by atoms with Crippen LogP contribution in [0, 0.1) is 6.92 Å². The van der Waals surface area contributed by atoms with Crippen LogP contribution in [-0.2, 0) is 16.6 Å². The lowest BCUT2D eigenvalue weighted by atomic mass is 10.1. The molecule has 0 atom stereocenters. The van der Waals surface area contributed by atoms with Crippen molar-refractivity contribution in [2.24, 2.45) is 5.14 Å². The Balaban J connectivity index is 1.20. The summed E-state index contributed by atoms with van der Waals surface area (Å²) in [5.74, 6) is 1.58. The molecule has 0 radical (unpaired) electrons. The molecule has 0 spiro atoms. The molecule has 0 aliphatic carbocycles. The third-order valence-electron chi connectivity index (χ3n) is 7.21. The number of rotatable bonds is 6. The van der Waals surface area contributed by atoms with Gasteiger partial charge in [-0.3, -0.25) is 9.29 Å². The number of anilines is 5. The van der Waals surface area contributed by atoms with Gasteiger partial charge < -0.3 is 15.1 Å². The van der Waals surface area contributed by atoms with Gasteiger partial charge in [0.15, 0.2) is 5.16 Å². The molecule has 0 amide bonds. The van der Waals surface area contributed by atoms with Gasteiger partial charge in [0, 0.05) is 72.8 Å². The normalized spacial score (nSPS) is 15.6. The number of hydrogen-bond acceptors (Lipinski definition) is 9. The van der Waals surface area contributed by atoms with Gasteiger partial charge in [0.1, 0.15) is 11.6 Å². The van der Waals surface area contributed by atoms with Gasteiger partial charge >= 0.3 is 0 Å². The maximum Gasteiger partial charge on any atom is 0.299 e. The zero-order chi connectivity index (χ0) is 27.1. The third-order valence-corrected chi connectivity index (χ3v) is 8.75. The molecule has 2 aliphatic rings. The van der Waals surface area contributed by atoms with Crippen molar-refractivity contribution in [3.05, 3.63) is 66.0 Å². The monoisotopic (exact) mass is 562 g/mol. The summed E-state index contributed by atoms with van der Waals surface area (Å²) in [4.78, 5) is 18.6. The first kappa shape index (κ1) is 25.7. The Hall–Kier alpha value is -3.61. The van der Waals surface area contributed by atoms with Crippen LogP contribution in [0.5, 0.6) is 0 Å². The van der Waals surface area contributed by atoms with E-state index >= 15 is 0 Å². The smallest absolute Gasteiger partial charge is 0.299 e. The van der Waals surface area contributed by atoms with E-state index in [0.717, 1.165) is 54.3 Å². The molecule has 1 fully saturated rings. The first-order valence-electron chi connectivity index (χ1n) is 12.8. The van der Waals surface area contributed by atoms with Crippen LogP contribution in [0.1, 0.15) is 11.3 Å². The molecule has 39 heavy (non-hydrogen) atoms. The first-order chi connectivity index (χ1) is 18.8. The Bertz CT molecular complexity index is 1660. The van der Waals surface area contributed by atoms with Gasteiger partial charge in [0.25, 0.3) is 10.2 Å². The number of benzene rings is 2. The second kappa shape index (κ2) is 10.2. The predicted molar refractivity (Wildman–Crippen MR) is 159 cm³/mol. The number of thioether (sulfide) groups is 1. The standard InChI is InChI=1S/C27H30N8O2S2/c1-18-14-22-20(17-29-18)4-3-5-24(22)33-10-12-34(13-11-33)26-16-25(31-27(32-26)38-2)30-21-6-7-23-19(15-21)8-9-35(23)39(28,36)37/h3-7,14-17H,8-13H2,1-2H3,(H2,28,36,37)(H,30,31,32). The van der Waals surface area contributed by atoms with E-state index in [1.165, 1.54) is 27.1 Å². The number of nitrogens with two attached hydrogens (primary N) is 1. The molecule has 0 bridgehead atoms. The Kier molecular flexibility index (Phi) is 6.69. The summed E-state index contributed by atoms with van der Waals surface area (Å²) in [5, 5.41) is 11.8. The summed E-state index contributed by atoms with van der Waals surface area (Å²) < 4.78 is 25.0. The lowest BCUT2D eigenvalue weighted by Crippen LogP contribution is -2.47. The van der Waals surface area contributed by atoms with E-state index in [0.29, 0.717) is 29.6 Å². The van der Waals surface area contributed by atoms with Crippen molar-refractivity contribution in [1.29, 1.82) is 0 Å². The highest BCUT2D eigenvalue weighted by Gasteiger charge is 2.27. The minimum atomic E-state index is -3.77. The molecule has 0 saturated carbocycles. The molecule has 2 aliphatic heterocycles. The number of nitrogens with one attached hydrogen (secondary N) is 1. The van der Waals surface area contributed by atoms with E-state index < -0.39 is 10.2 Å². The van der Waals surface area contributed by atoms with E-state index in [2.05, 4.69) is 49.4 Å². The lowest BCUT2D eigenvalue weighted by Gasteiger charge is -2.37. The number of aromatic nitrogens is 3. The number of pyridine rings is 1. The fourth-order valence-electron chi connectivity index (χ4n) is 5.30. The van der Waals surface area contributed by atoms with Crippen molar-refractivity contribution < 1.29 is 8.42 Å². The van der Waals surface area contributed by atoms with Crippen molar-refractivity contribution in [3.8, 4) is 0 Å². The zero-order valence-corrected chi connectivity index (χ0v) is 23.5. The number of hydrogen-bond donors (Lipinski definition) is 2. The molecule has 0 unspecified atom stereocenters. The number of aryl methyl sites for hydroxylation is 1. The Morgan fingerprint density at radius 2 is 1.74 bits per heavy atom. The summed E-state index contributed by atoms with van der Waals surface area (Å²) >= 11 is 1.50. The molecule has 2 aromatic carbocycles. The topological polar surface area (TPSA) is 121 Å². The van der Waals surface area contributed by atoms with Gasteiger partial charge in [0.05, 0.1) is 5.69 Å². The van der Waals surface area contributed by atoms with Gasteiger partial charge in [-0.2, -0.15) is 8.42 Å². The second-order valence-electron chi connectivity index (χ2n) is 9.73. The number of piperazine rings is 1. The van der Waals surface area contributed by atoms with E-state index in [9.17, 15) is 8.42 Å². The van der Waals surface area contributed by atoms with Crippen LogP contribution in [0.15, 0.2) is 59.9 Å². The molecule has 12 heteroatoms. The van der Waals surface area contributed by atoms with Crippen molar-refractivity contribution in [2.45, 2.75) is 18.5 Å². The van der Waals surface area contributed by atoms with Gasteiger partial charge in [-0.15, -0.1) is 0 Å². The minimum absolute atomic E-state index is 0.354. The van der Waals surface area contributed by atoms with E-state index in [1.54, 1.807) is 6.07 Å². The maximum absolute atomic E-state index is 11.9. The van der Waals surface area contributed by atoms with Gasteiger partial charge in [0.2, 0.25) is 0 Å². The van der Waals surface area contributed by atoms with Crippen LogP contribution >= 0.6 is 11.8 Å². The van der Waals surface area contributed by atoms with Crippen LogP contribution < -0.4 is 24.6 Å². The number of fused-ring (bicyclic) bond motifs is 2. The van der Waals surface area contributed by atoms with Gasteiger partial charge in [-0.05, 0) is 55.5 Å². The van der Waals surface area contributed by atoms with Crippen molar-refractivity contribution in [2.75, 3.05) is 58.4 Å². The van der Waals surface area contributed by atoms with Crippen LogP contribution in [0.25, 0.3) is 10.8 Å². The zero-order valence-electron chi connectivity index (χ0n) is 21.8. The van der Waals surface area contributed by atoms with Crippen LogP contribution in [-0.4, -0.2) is 62.3 Å². The summed E-state index contributed by atoms with van der Waals surface area (Å²) in [6, 6.07) is 16.1.